The molecule has 2 heterocycles. The number of halogens is 1. The smallest absolute Gasteiger partial charge is 0.310 e. The first kappa shape index (κ1) is 20.2. The van der Waals surface area contributed by atoms with Crippen molar-refractivity contribution in [2.45, 2.75) is 25.9 Å². The van der Waals surface area contributed by atoms with E-state index in [2.05, 4.69) is 0 Å². The molecule has 0 aliphatic carbocycles. The number of hydrogen-bond donors (Lipinski definition) is 0. The zero-order valence-corrected chi connectivity index (χ0v) is 16.2. The minimum absolute atomic E-state index is 0.139. The first-order chi connectivity index (χ1) is 12.9. The van der Waals surface area contributed by atoms with Crippen molar-refractivity contribution < 1.29 is 27.1 Å². The van der Waals surface area contributed by atoms with Gasteiger partial charge in [-0.2, -0.15) is 17.0 Å². The van der Waals surface area contributed by atoms with E-state index in [0.717, 1.165) is 5.56 Å². The van der Waals surface area contributed by atoms with Crippen LogP contribution in [0.15, 0.2) is 24.3 Å². The summed E-state index contributed by atoms with van der Waals surface area (Å²) in [6.07, 6.45) is 0.806. The van der Waals surface area contributed by atoms with Crippen molar-refractivity contribution in [3.8, 4) is 0 Å². The molecule has 2 aliphatic heterocycles. The molecule has 0 radical (unpaired) electrons. The Morgan fingerprint density at radius 2 is 1.93 bits per heavy atom. The van der Waals surface area contributed by atoms with Crippen molar-refractivity contribution in [1.82, 2.24) is 8.61 Å². The lowest BCUT2D eigenvalue weighted by molar-refractivity contribution is -0.149. The van der Waals surface area contributed by atoms with Crippen molar-refractivity contribution >= 4 is 16.2 Å². The summed E-state index contributed by atoms with van der Waals surface area (Å²) in [5, 5.41) is 0. The largest absolute Gasteiger partial charge is 0.466 e. The molecule has 3 rings (SSSR count). The Morgan fingerprint density at radius 3 is 2.63 bits per heavy atom. The van der Waals surface area contributed by atoms with Crippen molar-refractivity contribution in [2.75, 3.05) is 39.4 Å². The van der Waals surface area contributed by atoms with E-state index in [1.165, 1.54) is 20.7 Å². The maximum Gasteiger partial charge on any atom is 0.310 e. The molecule has 1 aromatic rings. The Balaban J connectivity index is 1.70. The molecule has 0 amide bonds. The van der Waals surface area contributed by atoms with E-state index in [1.807, 2.05) is 0 Å². The van der Waals surface area contributed by atoms with Gasteiger partial charge in [0.05, 0.1) is 25.2 Å². The quantitative estimate of drug-likeness (QED) is 0.704. The molecule has 2 fully saturated rings. The molecule has 9 heteroatoms. The van der Waals surface area contributed by atoms with Crippen LogP contribution in [-0.4, -0.2) is 62.4 Å². The average Bonchev–Trinajstić information content (AvgIpc) is 2.69. The van der Waals surface area contributed by atoms with Gasteiger partial charge in [-0.1, -0.05) is 12.1 Å². The number of piperidine rings is 1. The number of benzene rings is 1. The normalized spacial score (nSPS) is 25.3. The van der Waals surface area contributed by atoms with Crippen LogP contribution in [0.1, 0.15) is 31.4 Å². The zero-order chi connectivity index (χ0) is 19.4. The van der Waals surface area contributed by atoms with Gasteiger partial charge in [0.2, 0.25) is 0 Å². The van der Waals surface area contributed by atoms with Crippen LogP contribution in [-0.2, 0) is 24.5 Å². The highest BCUT2D eigenvalue weighted by Gasteiger charge is 2.38. The fraction of sp³-hybridized carbons (Fsp3) is 0.611. The lowest BCUT2D eigenvalue weighted by Gasteiger charge is -2.38. The van der Waals surface area contributed by atoms with Crippen LogP contribution in [0.5, 0.6) is 0 Å². The maximum absolute atomic E-state index is 13.1. The van der Waals surface area contributed by atoms with Crippen molar-refractivity contribution in [2.24, 2.45) is 5.92 Å². The van der Waals surface area contributed by atoms with E-state index in [0.29, 0.717) is 19.4 Å². The number of carbonyl (C=O) groups is 1. The fourth-order valence-electron chi connectivity index (χ4n) is 3.48. The Hall–Kier alpha value is -1.55. The van der Waals surface area contributed by atoms with Gasteiger partial charge < -0.3 is 9.47 Å². The first-order valence-electron chi connectivity index (χ1n) is 9.20. The van der Waals surface area contributed by atoms with Crippen molar-refractivity contribution in [3.05, 3.63) is 35.6 Å². The molecular weight excluding hydrogens is 375 g/mol. The lowest BCUT2D eigenvalue weighted by atomic mass is 10.0. The number of morpholine rings is 1. The third-order valence-corrected chi connectivity index (χ3v) is 6.90. The molecule has 0 N–H and O–H groups in total. The number of rotatable bonds is 5. The summed E-state index contributed by atoms with van der Waals surface area (Å²) >= 11 is 0. The summed E-state index contributed by atoms with van der Waals surface area (Å²) in [4.78, 5) is 12.0. The Morgan fingerprint density at radius 1 is 1.22 bits per heavy atom. The first-order valence-corrected chi connectivity index (χ1v) is 10.6. The molecule has 0 spiro atoms. The van der Waals surface area contributed by atoms with Gasteiger partial charge in [0, 0.05) is 26.2 Å². The monoisotopic (exact) mass is 400 g/mol. The van der Waals surface area contributed by atoms with E-state index in [-0.39, 0.29) is 44.6 Å². The Bertz CT molecular complexity index is 756. The van der Waals surface area contributed by atoms with Gasteiger partial charge in [0.15, 0.2) is 0 Å². The molecule has 150 valence electrons. The predicted molar refractivity (Wildman–Crippen MR) is 96.5 cm³/mol. The number of esters is 1. The zero-order valence-electron chi connectivity index (χ0n) is 15.3. The Labute approximate surface area is 159 Å². The predicted octanol–water partition coefficient (Wildman–Crippen LogP) is 1.72. The molecule has 27 heavy (non-hydrogen) atoms. The van der Waals surface area contributed by atoms with E-state index >= 15 is 0 Å². The third kappa shape index (κ3) is 4.66. The van der Waals surface area contributed by atoms with E-state index in [1.54, 1.807) is 19.1 Å². The van der Waals surface area contributed by atoms with Crippen molar-refractivity contribution in [3.63, 3.8) is 0 Å². The summed E-state index contributed by atoms with van der Waals surface area (Å²) in [5.74, 6) is -1.12. The van der Waals surface area contributed by atoms with E-state index in [9.17, 15) is 17.6 Å². The molecule has 2 atom stereocenters. The number of hydrogen-bond acceptors (Lipinski definition) is 5. The van der Waals surface area contributed by atoms with Gasteiger partial charge in [0.1, 0.15) is 5.82 Å². The summed E-state index contributed by atoms with van der Waals surface area (Å²) in [5.41, 5.74) is 0.736. The highest BCUT2D eigenvalue weighted by atomic mass is 32.2. The standard InChI is InChI=1S/C18H25FN2O5S/c1-2-25-18(22)15-4-3-9-20(12-15)27(23,24)21-10-11-26-17(13-21)14-5-7-16(19)8-6-14/h5-8,15,17H,2-4,9-13H2,1H3/t15-,17+/m0/s1. The minimum atomic E-state index is -3.71. The molecule has 0 bridgehead atoms. The second kappa shape index (κ2) is 8.64. The number of carbonyl (C=O) groups excluding carboxylic acids is 1. The molecule has 2 saturated heterocycles. The third-order valence-electron chi connectivity index (χ3n) is 4.93. The van der Waals surface area contributed by atoms with Gasteiger partial charge in [-0.15, -0.1) is 0 Å². The molecule has 0 saturated carbocycles. The number of nitrogens with zero attached hydrogens (tertiary/aromatic N) is 2. The average molecular weight is 400 g/mol. The molecule has 0 aromatic heterocycles. The van der Waals surface area contributed by atoms with E-state index < -0.39 is 22.2 Å². The molecule has 1 aromatic carbocycles. The van der Waals surface area contributed by atoms with Gasteiger partial charge in [-0.25, -0.2) is 4.39 Å². The van der Waals surface area contributed by atoms with Gasteiger partial charge in [0.25, 0.3) is 10.2 Å². The summed E-state index contributed by atoms with van der Waals surface area (Å²) in [7, 11) is -3.71. The summed E-state index contributed by atoms with van der Waals surface area (Å²) in [6.45, 7) is 3.21. The molecule has 0 unspecified atom stereocenters. The van der Waals surface area contributed by atoms with E-state index in [4.69, 9.17) is 9.47 Å². The Kier molecular flexibility index (Phi) is 6.46. The second-order valence-corrected chi connectivity index (χ2v) is 8.65. The summed E-state index contributed by atoms with van der Waals surface area (Å²) < 4.78 is 52.8. The van der Waals surface area contributed by atoms with Gasteiger partial charge >= 0.3 is 5.97 Å². The van der Waals surface area contributed by atoms with Crippen LogP contribution >= 0.6 is 0 Å². The highest BCUT2D eigenvalue weighted by Crippen LogP contribution is 2.27. The van der Waals surface area contributed by atoms with Crippen LogP contribution in [0.3, 0.4) is 0 Å². The van der Waals surface area contributed by atoms with Crippen LogP contribution in [0, 0.1) is 11.7 Å². The van der Waals surface area contributed by atoms with Gasteiger partial charge in [-0.05, 0) is 37.5 Å². The van der Waals surface area contributed by atoms with Crippen molar-refractivity contribution in [1.29, 1.82) is 0 Å². The highest BCUT2D eigenvalue weighted by molar-refractivity contribution is 7.86. The van der Waals surface area contributed by atoms with Crippen LogP contribution in [0.2, 0.25) is 0 Å². The maximum atomic E-state index is 13.1. The topological polar surface area (TPSA) is 76.2 Å². The lowest BCUT2D eigenvalue weighted by Crippen LogP contribution is -2.52. The molecule has 7 nitrogen and oxygen atoms in total. The van der Waals surface area contributed by atoms with Gasteiger partial charge in [-0.3, -0.25) is 4.79 Å². The second-order valence-electron chi connectivity index (χ2n) is 6.73. The number of ether oxygens (including phenoxy) is 2. The fourth-order valence-corrected chi connectivity index (χ4v) is 5.17. The van der Waals surface area contributed by atoms with Crippen LogP contribution in [0.4, 0.5) is 4.39 Å². The minimum Gasteiger partial charge on any atom is -0.466 e. The van der Waals surface area contributed by atoms with Crippen LogP contribution < -0.4 is 0 Å². The SMILES string of the molecule is CCOC(=O)[C@H]1CCCN(S(=O)(=O)N2CCO[C@@H](c3ccc(F)cc3)C2)C1. The van der Waals surface area contributed by atoms with Crippen LogP contribution in [0.25, 0.3) is 0 Å². The molecule has 2 aliphatic rings. The summed E-state index contributed by atoms with van der Waals surface area (Å²) in [6, 6.07) is 5.88. The molecular formula is C18H25FN2O5S.